The number of carboxylic acid groups (broad SMARTS) is 1. The third-order valence-corrected chi connectivity index (χ3v) is 3.71. The van der Waals surface area contributed by atoms with E-state index in [1.54, 1.807) is 6.92 Å². The van der Waals surface area contributed by atoms with Crippen LogP contribution in [0.5, 0.6) is 0 Å². The minimum Gasteiger partial charge on any atom is -0.481 e. The van der Waals surface area contributed by atoms with Crippen LogP contribution in [-0.4, -0.2) is 44.2 Å². The molecule has 0 aromatic heterocycles. The van der Waals surface area contributed by atoms with Crippen LogP contribution in [0.15, 0.2) is 0 Å². The lowest BCUT2D eigenvalue weighted by atomic mass is 9.89. The maximum Gasteiger partial charge on any atom is 0.309 e. The number of carbonyl (C=O) groups is 2. The molecule has 0 aromatic rings. The van der Waals surface area contributed by atoms with Gasteiger partial charge in [0.25, 0.3) is 0 Å². The van der Waals surface area contributed by atoms with Gasteiger partial charge >= 0.3 is 5.97 Å². The molecule has 106 valence electrons. The van der Waals surface area contributed by atoms with E-state index < -0.39 is 27.3 Å². The molecule has 0 saturated carbocycles. The Balaban J connectivity index is 4.11. The van der Waals surface area contributed by atoms with Gasteiger partial charge in [-0.1, -0.05) is 6.92 Å². The van der Waals surface area contributed by atoms with Gasteiger partial charge in [-0.2, -0.15) is 0 Å². The molecule has 0 atom stereocenters. The number of aliphatic carboxylic acids is 1. The van der Waals surface area contributed by atoms with E-state index in [0.29, 0.717) is 6.54 Å². The number of amides is 1. The standard InChI is InChI=1S/C10H20N2O5S/c1-4-12-18(16,17)6-5-11-8(13)7-10(2,3)9(14)15/h12H,4-7H2,1-3H3,(H,11,13)(H,14,15). The van der Waals surface area contributed by atoms with Crippen molar-refractivity contribution in [2.75, 3.05) is 18.8 Å². The van der Waals surface area contributed by atoms with E-state index in [0.717, 1.165) is 0 Å². The minimum atomic E-state index is -3.37. The van der Waals surface area contributed by atoms with Gasteiger partial charge in [0, 0.05) is 19.5 Å². The SMILES string of the molecule is CCNS(=O)(=O)CCNC(=O)CC(C)(C)C(=O)O. The summed E-state index contributed by atoms with van der Waals surface area (Å²) in [5, 5.41) is 11.2. The van der Waals surface area contributed by atoms with Crippen molar-refractivity contribution in [2.45, 2.75) is 27.2 Å². The number of carbonyl (C=O) groups excluding carboxylic acids is 1. The second-order valence-electron chi connectivity index (χ2n) is 4.53. The summed E-state index contributed by atoms with van der Waals surface area (Å²) >= 11 is 0. The van der Waals surface area contributed by atoms with E-state index >= 15 is 0 Å². The van der Waals surface area contributed by atoms with Crippen LogP contribution in [0, 0.1) is 5.41 Å². The van der Waals surface area contributed by atoms with Gasteiger partial charge in [-0.05, 0) is 13.8 Å². The van der Waals surface area contributed by atoms with Crippen LogP contribution in [0.3, 0.4) is 0 Å². The summed E-state index contributed by atoms with van der Waals surface area (Å²) in [4.78, 5) is 22.2. The highest BCUT2D eigenvalue weighted by Gasteiger charge is 2.30. The monoisotopic (exact) mass is 280 g/mol. The molecule has 18 heavy (non-hydrogen) atoms. The van der Waals surface area contributed by atoms with Crippen molar-refractivity contribution in [1.29, 1.82) is 0 Å². The Kier molecular flexibility index (Phi) is 6.27. The maximum absolute atomic E-state index is 11.4. The van der Waals surface area contributed by atoms with Crippen molar-refractivity contribution in [3.63, 3.8) is 0 Å². The summed E-state index contributed by atoms with van der Waals surface area (Å²) in [6, 6.07) is 0. The zero-order valence-electron chi connectivity index (χ0n) is 10.8. The molecular formula is C10H20N2O5S. The molecule has 0 bridgehead atoms. The molecule has 1 amide bonds. The molecule has 3 N–H and O–H groups in total. The maximum atomic E-state index is 11.4. The molecular weight excluding hydrogens is 260 g/mol. The minimum absolute atomic E-state index is 0.0378. The molecule has 0 aliphatic carbocycles. The van der Waals surface area contributed by atoms with Gasteiger partial charge in [-0.25, -0.2) is 13.1 Å². The Morgan fingerprint density at radius 1 is 1.28 bits per heavy atom. The second-order valence-corrected chi connectivity index (χ2v) is 6.46. The van der Waals surface area contributed by atoms with Crippen LogP contribution in [0.2, 0.25) is 0 Å². The Morgan fingerprint density at radius 2 is 1.83 bits per heavy atom. The van der Waals surface area contributed by atoms with Crippen molar-refractivity contribution >= 4 is 21.9 Å². The number of hydrogen-bond acceptors (Lipinski definition) is 4. The molecule has 0 aromatic carbocycles. The van der Waals surface area contributed by atoms with Gasteiger partial charge < -0.3 is 10.4 Å². The Hall–Kier alpha value is -1.15. The summed E-state index contributed by atoms with van der Waals surface area (Å²) in [6.45, 7) is 4.78. The van der Waals surface area contributed by atoms with Crippen LogP contribution >= 0.6 is 0 Å². The Bertz CT molecular complexity index is 402. The van der Waals surface area contributed by atoms with Crippen LogP contribution in [0.1, 0.15) is 27.2 Å². The predicted molar refractivity (Wildman–Crippen MR) is 66.5 cm³/mol. The number of hydrogen-bond donors (Lipinski definition) is 3. The fourth-order valence-corrected chi connectivity index (χ4v) is 2.11. The van der Waals surface area contributed by atoms with Gasteiger partial charge in [0.1, 0.15) is 0 Å². The number of nitrogens with one attached hydrogen (secondary N) is 2. The lowest BCUT2D eigenvalue weighted by molar-refractivity contribution is -0.149. The zero-order chi connectivity index (χ0) is 14.4. The van der Waals surface area contributed by atoms with Gasteiger partial charge in [0.05, 0.1) is 11.2 Å². The average molecular weight is 280 g/mol. The van der Waals surface area contributed by atoms with Crippen LogP contribution in [0.25, 0.3) is 0 Å². The first-order chi connectivity index (χ1) is 8.10. The third kappa shape index (κ3) is 6.55. The first-order valence-electron chi connectivity index (χ1n) is 5.58. The topological polar surface area (TPSA) is 113 Å². The van der Waals surface area contributed by atoms with E-state index in [-0.39, 0.29) is 18.7 Å². The van der Waals surface area contributed by atoms with Crippen LogP contribution in [-0.2, 0) is 19.6 Å². The summed E-state index contributed by atoms with van der Waals surface area (Å²) in [7, 11) is -3.37. The van der Waals surface area contributed by atoms with Crippen molar-refractivity contribution in [2.24, 2.45) is 5.41 Å². The Labute approximate surface area is 107 Å². The first kappa shape index (κ1) is 16.9. The summed E-state index contributed by atoms with van der Waals surface area (Å²) in [5.41, 5.74) is -1.16. The number of carboxylic acids is 1. The van der Waals surface area contributed by atoms with Gasteiger partial charge in [0.15, 0.2) is 0 Å². The molecule has 0 rings (SSSR count). The predicted octanol–water partition coefficient (Wildman–Crippen LogP) is -0.457. The van der Waals surface area contributed by atoms with Gasteiger partial charge in [-0.15, -0.1) is 0 Å². The molecule has 0 spiro atoms. The molecule has 8 heteroatoms. The third-order valence-electron chi connectivity index (χ3n) is 2.24. The quantitative estimate of drug-likeness (QED) is 0.557. The van der Waals surface area contributed by atoms with E-state index in [4.69, 9.17) is 5.11 Å². The number of rotatable bonds is 8. The van der Waals surface area contributed by atoms with Crippen molar-refractivity contribution in [3.05, 3.63) is 0 Å². The highest BCUT2D eigenvalue weighted by Crippen LogP contribution is 2.19. The largest absolute Gasteiger partial charge is 0.481 e. The first-order valence-corrected chi connectivity index (χ1v) is 7.23. The van der Waals surface area contributed by atoms with Crippen molar-refractivity contribution in [1.82, 2.24) is 10.0 Å². The van der Waals surface area contributed by atoms with E-state index in [9.17, 15) is 18.0 Å². The van der Waals surface area contributed by atoms with Gasteiger partial charge in [0.2, 0.25) is 15.9 Å². The average Bonchev–Trinajstić information content (AvgIpc) is 2.15. The van der Waals surface area contributed by atoms with E-state index in [1.807, 2.05) is 0 Å². The molecule has 7 nitrogen and oxygen atoms in total. The second kappa shape index (κ2) is 6.69. The summed E-state index contributed by atoms with van der Waals surface area (Å²) in [5.74, 6) is -1.77. The summed E-state index contributed by atoms with van der Waals surface area (Å²) in [6.07, 6.45) is -0.191. The highest BCUT2D eigenvalue weighted by molar-refractivity contribution is 7.89. The van der Waals surface area contributed by atoms with Crippen LogP contribution in [0.4, 0.5) is 0 Å². The van der Waals surface area contributed by atoms with Crippen molar-refractivity contribution < 1.29 is 23.1 Å². The number of sulfonamides is 1. The van der Waals surface area contributed by atoms with Gasteiger partial charge in [-0.3, -0.25) is 9.59 Å². The van der Waals surface area contributed by atoms with E-state index in [2.05, 4.69) is 10.0 Å². The normalized spacial score (nSPS) is 12.2. The zero-order valence-corrected chi connectivity index (χ0v) is 11.6. The molecule has 0 radical (unpaired) electrons. The lowest BCUT2D eigenvalue weighted by Gasteiger charge is -2.18. The van der Waals surface area contributed by atoms with E-state index in [1.165, 1.54) is 13.8 Å². The highest BCUT2D eigenvalue weighted by atomic mass is 32.2. The lowest BCUT2D eigenvalue weighted by Crippen LogP contribution is -2.37. The smallest absolute Gasteiger partial charge is 0.309 e. The fourth-order valence-electron chi connectivity index (χ4n) is 1.16. The molecule has 0 aliphatic heterocycles. The van der Waals surface area contributed by atoms with Crippen LogP contribution < -0.4 is 10.0 Å². The fraction of sp³-hybridized carbons (Fsp3) is 0.800. The summed E-state index contributed by atoms with van der Waals surface area (Å²) < 4.78 is 24.8. The Morgan fingerprint density at radius 3 is 2.28 bits per heavy atom. The molecule has 0 heterocycles. The molecule has 0 unspecified atom stereocenters. The molecule has 0 saturated heterocycles. The molecule has 0 fully saturated rings. The van der Waals surface area contributed by atoms with Crippen molar-refractivity contribution in [3.8, 4) is 0 Å². The molecule has 0 aliphatic rings.